The molecular weight excluding hydrogens is 250 g/mol. The van der Waals surface area contributed by atoms with Gasteiger partial charge in [-0.05, 0) is 42.3 Å². The van der Waals surface area contributed by atoms with Gasteiger partial charge in [-0.15, -0.1) is 10.2 Å². The predicted octanol–water partition coefficient (Wildman–Crippen LogP) is 2.65. The molecule has 0 N–H and O–H groups in total. The molecule has 0 aliphatic heterocycles. The normalized spacial score (nSPS) is 16.3. The van der Waals surface area contributed by atoms with Crippen LogP contribution in [0.5, 0.6) is 0 Å². The van der Waals surface area contributed by atoms with E-state index in [4.69, 9.17) is 0 Å². The average Bonchev–Trinajstić information content (AvgIpc) is 2.94. The maximum absolute atomic E-state index is 4.23. The molecule has 1 fully saturated rings. The van der Waals surface area contributed by atoms with Gasteiger partial charge in [0, 0.05) is 24.3 Å². The first-order valence-electron chi connectivity index (χ1n) is 7.31. The fraction of sp³-hybridized carbons (Fsp3) is 0.533. The quantitative estimate of drug-likeness (QED) is 0.861. The highest BCUT2D eigenvalue weighted by molar-refractivity contribution is 5.59. The van der Waals surface area contributed by atoms with Crippen LogP contribution in [0.15, 0.2) is 24.3 Å². The lowest BCUT2D eigenvalue weighted by Gasteiger charge is -2.33. The van der Waals surface area contributed by atoms with Crippen molar-refractivity contribution in [2.45, 2.75) is 38.1 Å². The number of anilines is 1. The Hall–Kier alpha value is -1.91. The first kappa shape index (κ1) is 13.1. The zero-order valence-corrected chi connectivity index (χ0v) is 12.2. The molecule has 0 unspecified atom stereocenters. The van der Waals surface area contributed by atoms with Crippen LogP contribution in [0.25, 0.3) is 11.4 Å². The fourth-order valence-corrected chi connectivity index (χ4v) is 2.92. The molecule has 5 nitrogen and oxygen atoms in total. The van der Waals surface area contributed by atoms with E-state index in [0.717, 1.165) is 5.56 Å². The molecule has 0 radical (unpaired) electrons. The minimum Gasteiger partial charge on any atom is -0.372 e. The number of hydrogen-bond donors (Lipinski definition) is 0. The van der Waals surface area contributed by atoms with Gasteiger partial charge in [-0.1, -0.05) is 19.3 Å². The molecule has 1 aromatic heterocycles. The first-order chi connectivity index (χ1) is 9.74. The number of rotatable bonds is 3. The van der Waals surface area contributed by atoms with E-state index in [1.807, 2.05) is 0 Å². The number of hydrogen-bond acceptors (Lipinski definition) is 4. The molecule has 5 heteroatoms. The molecule has 2 aromatic rings. The van der Waals surface area contributed by atoms with E-state index < -0.39 is 0 Å². The van der Waals surface area contributed by atoms with Crippen LogP contribution in [0.3, 0.4) is 0 Å². The second kappa shape index (κ2) is 5.61. The molecule has 0 spiro atoms. The summed E-state index contributed by atoms with van der Waals surface area (Å²) >= 11 is 0. The van der Waals surface area contributed by atoms with Gasteiger partial charge >= 0.3 is 0 Å². The topological polar surface area (TPSA) is 46.8 Å². The van der Waals surface area contributed by atoms with E-state index in [9.17, 15) is 0 Å². The zero-order valence-electron chi connectivity index (χ0n) is 12.2. The lowest BCUT2D eigenvalue weighted by Crippen LogP contribution is -2.33. The highest BCUT2D eigenvalue weighted by atomic mass is 15.6. The van der Waals surface area contributed by atoms with Crippen molar-refractivity contribution in [2.75, 3.05) is 11.9 Å². The first-order valence-corrected chi connectivity index (χ1v) is 7.31. The van der Waals surface area contributed by atoms with Crippen LogP contribution in [0.4, 0.5) is 5.69 Å². The van der Waals surface area contributed by atoms with Crippen molar-refractivity contribution in [1.82, 2.24) is 20.2 Å². The second-order valence-electron chi connectivity index (χ2n) is 5.55. The average molecular weight is 271 g/mol. The van der Waals surface area contributed by atoms with Crippen molar-refractivity contribution in [1.29, 1.82) is 0 Å². The number of benzene rings is 1. The largest absolute Gasteiger partial charge is 0.372 e. The van der Waals surface area contributed by atoms with Gasteiger partial charge < -0.3 is 4.90 Å². The Morgan fingerprint density at radius 3 is 2.40 bits per heavy atom. The van der Waals surface area contributed by atoms with Crippen LogP contribution in [0, 0.1) is 0 Å². The summed E-state index contributed by atoms with van der Waals surface area (Å²) in [5, 5.41) is 12.1. The molecule has 1 saturated carbocycles. The minimum atomic E-state index is 0.680. The van der Waals surface area contributed by atoms with E-state index in [0.29, 0.717) is 11.9 Å². The van der Waals surface area contributed by atoms with Crippen molar-refractivity contribution < 1.29 is 0 Å². The van der Waals surface area contributed by atoms with Gasteiger partial charge in [0.2, 0.25) is 5.82 Å². The smallest absolute Gasteiger partial charge is 0.204 e. The van der Waals surface area contributed by atoms with E-state index in [-0.39, 0.29) is 0 Å². The fourth-order valence-electron chi connectivity index (χ4n) is 2.92. The van der Waals surface area contributed by atoms with Gasteiger partial charge in [-0.25, -0.2) is 0 Å². The van der Waals surface area contributed by atoms with E-state index in [1.54, 1.807) is 7.05 Å². The molecule has 3 rings (SSSR count). The summed E-state index contributed by atoms with van der Waals surface area (Å²) in [6.45, 7) is 0. The monoisotopic (exact) mass is 271 g/mol. The number of tetrazole rings is 1. The third-order valence-corrected chi connectivity index (χ3v) is 4.16. The number of aryl methyl sites for hydroxylation is 1. The van der Waals surface area contributed by atoms with Crippen LogP contribution in [-0.2, 0) is 7.05 Å². The van der Waals surface area contributed by atoms with Gasteiger partial charge in [-0.2, -0.15) is 4.80 Å². The summed E-state index contributed by atoms with van der Waals surface area (Å²) in [5.41, 5.74) is 2.28. The van der Waals surface area contributed by atoms with Crippen molar-refractivity contribution in [2.24, 2.45) is 7.05 Å². The molecule has 20 heavy (non-hydrogen) atoms. The molecule has 1 aliphatic carbocycles. The molecule has 0 amide bonds. The second-order valence-corrected chi connectivity index (χ2v) is 5.55. The summed E-state index contributed by atoms with van der Waals surface area (Å²) in [6, 6.07) is 9.14. The Labute approximate surface area is 119 Å². The van der Waals surface area contributed by atoms with Crippen molar-refractivity contribution in [3.63, 3.8) is 0 Å². The summed E-state index contributed by atoms with van der Waals surface area (Å²) in [6.07, 6.45) is 6.72. The number of nitrogens with zero attached hydrogens (tertiary/aromatic N) is 5. The van der Waals surface area contributed by atoms with Crippen LogP contribution in [-0.4, -0.2) is 33.3 Å². The molecule has 1 heterocycles. The highest BCUT2D eigenvalue weighted by Crippen LogP contribution is 2.27. The van der Waals surface area contributed by atoms with Gasteiger partial charge in [0.15, 0.2) is 0 Å². The lowest BCUT2D eigenvalue weighted by molar-refractivity contribution is 0.427. The van der Waals surface area contributed by atoms with Gasteiger partial charge in [0.05, 0.1) is 7.05 Å². The standard InChI is InChI=1S/C15H21N5/c1-19(13-6-4-3-5-7-13)14-10-8-12(9-11-14)15-16-18-20(2)17-15/h8-11,13H,3-7H2,1-2H3. The molecular formula is C15H21N5. The van der Waals surface area contributed by atoms with Crippen LogP contribution in [0.2, 0.25) is 0 Å². The predicted molar refractivity (Wildman–Crippen MR) is 79.5 cm³/mol. The van der Waals surface area contributed by atoms with Crippen LogP contribution >= 0.6 is 0 Å². The zero-order chi connectivity index (χ0) is 13.9. The summed E-state index contributed by atoms with van der Waals surface area (Å²) in [4.78, 5) is 3.89. The molecule has 1 aromatic carbocycles. The van der Waals surface area contributed by atoms with Gasteiger partial charge in [0.25, 0.3) is 0 Å². The van der Waals surface area contributed by atoms with E-state index >= 15 is 0 Å². The Balaban J connectivity index is 1.75. The Kier molecular flexibility index (Phi) is 3.67. The Bertz CT molecular complexity index is 554. The lowest BCUT2D eigenvalue weighted by atomic mass is 9.94. The maximum atomic E-state index is 4.23. The van der Waals surface area contributed by atoms with E-state index in [2.05, 4.69) is 51.6 Å². The van der Waals surface area contributed by atoms with Crippen molar-refractivity contribution in [3.8, 4) is 11.4 Å². The molecule has 1 aliphatic rings. The molecule has 0 bridgehead atoms. The summed E-state index contributed by atoms with van der Waals surface area (Å²) in [7, 11) is 3.98. The summed E-state index contributed by atoms with van der Waals surface area (Å²) < 4.78 is 0. The van der Waals surface area contributed by atoms with Crippen LogP contribution in [0.1, 0.15) is 32.1 Å². The van der Waals surface area contributed by atoms with E-state index in [1.165, 1.54) is 42.6 Å². The molecule has 0 atom stereocenters. The van der Waals surface area contributed by atoms with Crippen molar-refractivity contribution in [3.05, 3.63) is 24.3 Å². The third kappa shape index (κ3) is 2.66. The SMILES string of the molecule is CN(c1ccc(-c2nnn(C)n2)cc1)C1CCCCC1. The minimum absolute atomic E-state index is 0.680. The molecule has 0 saturated heterocycles. The van der Waals surface area contributed by atoms with Gasteiger partial charge in [0.1, 0.15) is 0 Å². The van der Waals surface area contributed by atoms with Crippen molar-refractivity contribution >= 4 is 5.69 Å². The maximum Gasteiger partial charge on any atom is 0.204 e. The Morgan fingerprint density at radius 2 is 1.80 bits per heavy atom. The van der Waals surface area contributed by atoms with Gasteiger partial charge in [-0.3, -0.25) is 0 Å². The highest BCUT2D eigenvalue weighted by Gasteiger charge is 2.18. The third-order valence-electron chi connectivity index (χ3n) is 4.16. The molecule has 106 valence electrons. The number of aromatic nitrogens is 4. The van der Waals surface area contributed by atoms with Crippen LogP contribution < -0.4 is 4.90 Å². The summed E-state index contributed by atoms with van der Waals surface area (Å²) in [5.74, 6) is 0.680. The Morgan fingerprint density at radius 1 is 1.10 bits per heavy atom.